The molecule has 2 aromatic carbocycles. The van der Waals surface area contributed by atoms with E-state index < -0.39 is 0 Å². The van der Waals surface area contributed by atoms with Gasteiger partial charge in [-0.1, -0.05) is 18.2 Å². The summed E-state index contributed by atoms with van der Waals surface area (Å²) in [6.45, 7) is 1.42. The first kappa shape index (κ1) is 18.5. The number of nitrogens with one attached hydrogen (secondary N) is 1. The van der Waals surface area contributed by atoms with Crippen LogP contribution in [0.25, 0.3) is 22.0 Å². The number of likely N-dealkylation sites (tertiary alicyclic amines) is 1. The quantitative estimate of drug-likeness (QED) is 0.538. The topological polar surface area (TPSA) is 61.9 Å². The maximum Gasteiger partial charge on any atom is 0.253 e. The van der Waals surface area contributed by atoms with Gasteiger partial charge in [0.25, 0.3) is 5.91 Å². The van der Waals surface area contributed by atoms with E-state index in [0.29, 0.717) is 23.0 Å². The van der Waals surface area contributed by atoms with Gasteiger partial charge < -0.3 is 9.88 Å². The number of carbonyl (C=O) groups excluding carboxylic acids is 1. The Balaban J connectivity index is 1.36. The highest BCUT2D eigenvalue weighted by atomic mass is 19.1. The number of halogens is 1. The number of H-pyrrole nitrogens is 1. The maximum atomic E-state index is 14.1. The Kier molecular flexibility index (Phi) is 4.75. The molecular formula is C24H21FN4O. The number of aromatic amines is 1. The molecule has 0 radical (unpaired) electrons. The highest BCUT2D eigenvalue weighted by molar-refractivity contribution is 5.95. The van der Waals surface area contributed by atoms with Crippen molar-refractivity contribution in [2.24, 2.45) is 0 Å². The Labute approximate surface area is 173 Å². The van der Waals surface area contributed by atoms with E-state index in [4.69, 9.17) is 0 Å². The summed E-state index contributed by atoms with van der Waals surface area (Å²) in [5, 5.41) is 0.493. The van der Waals surface area contributed by atoms with E-state index in [2.05, 4.69) is 15.0 Å². The van der Waals surface area contributed by atoms with Crippen LogP contribution in [0.4, 0.5) is 4.39 Å². The normalized spacial score (nSPS) is 16.7. The van der Waals surface area contributed by atoms with E-state index in [1.165, 1.54) is 6.07 Å². The van der Waals surface area contributed by atoms with Crippen LogP contribution in [-0.4, -0.2) is 38.8 Å². The van der Waals surface area contributed by atoms with Gasteiger partial charge in [-0.15, -0.1) is 0 Å². The van der Waals surface area contributed by atoms with Gasteiger partial charge in [-0.2, -0.15) is 0 Å². The van der Waals surface area contributed by atoms with Crippen LogP contribution in [0.2, 0.25) is 0 Å². The molecule has 1 fully saturated rings. The highest BCUT2D eigenvalue weighted by Gasteiger charge is 2.26. The Morgan fingerprint density at radius 1 is 1.10 bits per heavy atom. The molecule has 1 saturated heterocycles. The predicted octanol–water partition coefficient (Wildman–Crippen LogP) is 4.78. The molecule has 2 aromatic heterocycles. The number of hydrogen-bond donors (Lipinski definition) is 1. The minimum absolute atomic E-state index is 0.0282. The first-order valence-electron chi connectivity index (χ1n) is 10.1. The standard InChI is InChI=1S/C24H21FN4O/c25-21-4-1-5-22-20(21)13-19(14-28-22)16-6-8-17(9-7-16)24(30)29-12-2-3-18(15-29)23-26-10-11-27-23/h1,4-11,13-14,18H,2-3,12,15H2,(H,26,27). The van der Waals surface area contributed by atoms with Crippen LogP contribution in [0.1, 0.15) is 34.9 Å². The number of pyridine rings is 1. The average molecular weight is 400 g/mol. The molecule has 0 aliphatic carbocycles. The first-order chi connectivity index (χ1) is 14.7. The van der Waals surface area contributed by atoms with E-state index in [9.17, 15) is 9.18 Å². The van der Waals surface area contributed by atoms with Crippen molar-refractivity contribution < 1.29 is 9.18 Å². The SMILES string of the molecule is O=C(c1ccc(-c2cnc3cccc(F)c3c2)cc1)N1CCCC(c2ncc[nH]2)C1. The summed E-state index contributed by atoms with van der Waals surface area (Å²) in [5.74, 6) is 0.930. The zero-order valence-electron chi connectivity index (χ0n) is 16.4. The Bertz CT molecular complexity index is 1190. The largest absolute Gasteiger partial charge is 0.348 e. The number of hydrogen-bond acceptors (Lipinski definition) is 3. The van der Waals surface area contributed by atoms with Gasteiger partial charge in [-0.3, -0.25) is 9.78 Å². The zero-order valence-corrected chi connectivity index (χ0v) is 16.4. The number of carbonyl (C=O) groups is 1. The molecule has 0 spiro atoms. The fourth-order valence-corrected chi connectivity index (χ4v) is 4.14. The Morgan fingerprint density at radius 3 is 2.77 bits per heavy atom. The zero-order chi connectivity index (χ0) is 20.5. The number of piperidine rings is 1. The van der Waals surface area contributed by atoms with E-state index in [0.717, 1.165) is 36.3 Å². The minimum Gasteiger partial charge on any atom is -0.348 e. The Hall–Kier alpha value is -3.54. The maximum absolute atomic E-state index is 14.1. The average Bonchev–Trinajstić information content (AvgIpc) is 3.34. The van der Waals surface area contributed by atoms with Gasteiger partial charge in [0.15, 0.2) is 0 Å². The highest BCUT2D eigenvalue weighted by Crippen LogP contribution is 2.27. The van der Waals surface area contributed by atoms with Crippen molar-refractivity contribution in [2.45, 2.75) is 18.8 Å². The van der Waals surface area contributed by atoms with E-state index >= 15 is 0 Å². The molecule has 3 heterocycles. The fraction of sp³-hybridized carbons (Fsp3) is 0.208. The molecule has 0 bridgehead atoms. The van der Waals surface area contributed by atoms with Crippen LogP contribution in [0.15, 0.2) is 67.1 Å². The summed E-state index contributed by atoms with van der Waals surface area (Å²) in [4.78, 5) is 26.8. The van der Waals surface area contributed by atoms with Crippen LogP contribution in [0.3, 0.4) is 0 Å². The first-order valence-corrected chi connectivity index (χ1v) is 10.1. The second kappa shape index (κ2) is 7.71. The molecule has 1 atom stereocenters. The summed E-state index contributed by atoms with van der Waals surface area (Å²) in [6, 6.07) is 14.1. The number of nitrogens with zero attached hydrogens (tertiary/aromatic N) is 3. The minimum atomic E-state index is -0.287. The molecule has 1 aliphatic heterocycles. The van der Waals surface area contributed by atoms with Crippen molar-refractivity contribution in [3.8, 4) is 11.1 Å². The van der Waals surface area contributed by atoms with Crippen molar-refractivity contribution in [1.29, 1.82) is 0 Å². The van der Waals surface area contributed by atoms with E-state index in [1.54, 1.807) is 30.6 Å². The molecule has 6 heteroatoms. The monoisotopic (exact) mass is 400 g/mol. The number of benzene rings is 2. The van der Waals surface area contributed by atoms with Crippen molar-refractivity contribution in [1.82, 2.24) is 19.9 Å². The molecule has 0 saturated carbocycles. The molecule has 1 unspecified atom stereocenters. The molecule has 1 aliphatic rings. The van der Waals surface area contributed by atoms with Gasteiger partial charge >= 0.3 is 0 Å². The number of imidazole rings is 1. The molecule has 1 N–H and O–H groups in total. The molecule has 150 valence electrons. The van der Waals surface area contributed by atoms with E-state index in [1.807, 2.05) is 35.4 Å². The molecular weight excluding hydrogens is 379 g/mol. The number of aromatic nitrogens is 3. The third-order valence-corrected chi connectivity index (χ3v) is 5.75. The van der Waals surface area contributed by atoms with Gasteiger partial charge in [0.05, 0.1) is 5.52 Å². The second-order valence-electron chi connectivity index (χ2n) is 7.67. The van der Waals surface area contributed by atoms with Crippen LogP contribution < -0.4 is 0 Å². The van der Waals surface area contributed by atoms with Crippen LogP contribution >= 0.6 is 0 Å². The van der Waals surface area contributed by atoms with Crippen molar-refractivity contribution in [2.75, 3.05) is 13.1 Å². The molecule has 1 amide bonds. The number of amides is 1. The lowest BCUT2D eigenvalue weighted by molar-refractivity contribution is 0.0705. The molecule has 5 nitrogen and oxygen atoms in total. The van der Waals surface area contributed by atoms with Crippen LogP contribution in [0.5, 0.6) is 0 Å². The molecule has 30 heavy (non-hydrogen) atoms. The van der Waals surface area contributed by atoms with Crippen molar-refractivity contribution >= 4 is 16.8 Å². The summed E-state index contributed by atoms with van der Waals surface area (Å²) in [7, 11) is 0. The smallest absolute Gasteiger partial charge is 0.253 e. The Morgan fingerprint density at radius 2 is 1.97 bits per heavy atom. The van der Waals surface area contributed by atoms with Gasteiger partial charge in [-0.25, -0.2) is 9.37 Å². The van der Waals surface area contributed by atoms with Crippen LogP contribution in [-0.2, 0) is 0 Å². The van der Waals surface area contributed by atoms with Crippen LogP contribution in [0, 0.1) is 5.82 Å². The lowest BCUT2D eigenvalue weighted by Crippen LogP contribution is -2.39. The number of fused-ring (bicyclic) bond motifs is 1. The van der Waals surface area contributed by atoms with Gasteiger partial charge in [-0.05, 0) is 48.7 Å². The van der Waals surface area contributed by atoms with Gasteiger partial charge in [0.2, 0.25) is 0 Å². The summed E-state index contributed by atoms with van der Waals surface area (Å²) in [6.07, 6.45) is 7.30. The van der Waals surface area contributed by atoms with Crippen molar-refractivity contribution in [3.63, 3.8) is 0 Å². The van der Waals surface area contributed by atoms with Crippen molar-refractivity contribution in [3.05, 3.63) is 84.3 Å². The van der Waals surface area contributed by atoms with Gasteiger partial charge in [0.1, 0.15) is 11.6 Å². The fourth-order valence-electron chi connectivity index (χ4n) is 4.14. The van der Waals surface area contributed by atoms with Gasteiger partial charge in [0, 0.05) is 54.1 Å². The summed E-state index contributed by atoms with van der Waals surface area (Å²) >= 11 is 0. The molecule has 4 aromatic rings. The lowest BCUT2D eigenvalue weighted by atomic mass is 9.96. The lowest BCUT2D eigenvalue weighted by Gasteiger charge is -2.32. The second-order valence-corrected chi connectivity index (χ2v) is 7.67. The third-order valence-electron chi connectivity index (χ3n) is 5.75. The summed E-state index contributed by atoms with van der Waals surface area (Å²) in [5.41, 5.74) is 3.00. The third kappa shape index (κ3) is 3.45. The summed E-state index contributed by atoms with van der Waals surface area (Å²) < 4.78 is 14.1. The number of rotatable bonds is 3. The molecule has 5 rings (SSSR count). The van der Waals surface area contributed by atoms with E-state index in [-0.39, 0.29) is 17.6 Å². The predicted molar refractivity (Wildman–Crippen MR) is 114 cm³/mol.